The molecular formula is C23H28N6O3. The lowest BCUT2D eigenvalue weighted by atomic mass is 9.90. The van der Waals surface area contributed by atoms with E-state index in [1.165, 1.54) is 0 Å². The molecule has 32 heavy (non-hydrogen) atoms. The van der Waals surface area contributed by atoms with Crippen LogP contribution in [0.2, 0.25) is 0 Å². The van der Waals surface area contributed by atoms with Gasteiger partial charge in [0, 0.05) is 18.6 Å². The third-order valence-electron chi connectivity index (χ3n) is 6.15. The Morgan fingerprint density at radius 3 is 2.88 bits per heavy atom. The predicted octanol–water partition coefficient (Wildman–Crippen LogP) is 2.56. The van der Waals surface area contributed by atoms with Gasteiger partial charge in [-0.2, -0.15) is 5.10 Å². The van der Waals surface area contributed by atoms with Crippen molar-refractivity contribution in [2.24, 2.45) is 0 Å². The molecule has 4 N–H and O–H groups in total. The molecular weight excluding hydrogens is 408 g/mol. The van der Waals surface area contributed by atoms with Gasteiger partial charge in [0.05, 0.1) is 36.9 Å². The summed E-state index contributed by atoms with van der Waals surface area (Å²) in [7, 11) is 0. The van der Waals surface area contributed by atoms with Crippen molar-refractivity contribution < 1.29 is 14.6 Å². The summed E-state index contributed by atoms with van der Waals surface area (Å²) in [6.07, 6.45) is 7.81. The number of aromatic nitrogens is 4. The van der Waals surface area contributed by atoms with Crippen LogP contribution < -0.4 is 15.8 Å². The summed E-state index contributed by atoms with van der Waals surface area (Å²) in [6, 6.07) is 6.28. The Labute approximate surface area is 186 Å². The molecule has 0 saturated carbocycles. The molecule has 4 heterocycles. The topological polar surface area (TPSA) is 120 Å². The van der Waals surface area contributed by atoms with Gasteiger partial charge in [-0.1, -0.05) is 11.6 Å². The Balaban J connectivity index is 1.41. The maximum absolute atomic E-state index is 10.9. The molecule has 2 saturated heterocycles. The molecule has 2 aliphatic heterocycles. The molecule has 1 unspecified atom stereocenters. The number of piperidine rings is 1. The monoisotopic (exact) mass is 436 g/mol. The SMILES string of the molecule is Cc1cc(-c2cnc(N)c(Oc3cnn(C4CCNCC4)c3)n2)cc(C2(O)CCOC2)c1. The smallest absolute Gasteiger partial charge is 0.263 e. The Kier molecular flexibility index (Phi) is 5.54. The summed E-state index contributed by atoms with van der Waals surface area (Å²) < 4.78 is 13.3. The number of aliphatic hydroxyl groups is 1. The summed E-state index contributed by atoms with van der Waals surface area (Å²) in [5, 5.41) is 18.8. The van der Waals surface area contributed by atoms with Crippen molar-refractivity contribution in [1.29, 1.82) is 0 Å². The maximum Gasteiger partial charge on any atom is 0.263 e. The van der Waals surface area contributed by atoms with Crippen LogP contribution in [-0.4, -0.2) is 51.2 Å². The first-order chi connectivity index (χ1) is 15.5. The van der Waals surface area contributed by atoms with Crippen LogP contribution in [0.1, 0.15) is 36.4 Å². The molecule has 1 atom stereocenters. The minimum Gasteiger partial charge on any atom is -0.433 e. The van der Waals surface area contributed by atoms with Crippen LogP contribution in [0.5, 0.6) is 11.6 Å². The van der Waals surface area contributed by atoms with Crippen molar-refractivity contribution in [3.05, 3.63) is 47.9 Å². The highest BCUT2D eigenvalue weighted by Crippen LogP contribution is 2.34. The predicted molar refractivity (Wildman–Crippen MR) is 119 cm³/mol. The van der Waals surface area contributed by atoms with Crippen molar-refractivity contribution in [2.75, 3.05) is 32.0 Å². The standard InChI is InChI=1S/C23H28N6O3/c1-15-8-16(10-17(9-15)23(30)4-7-31-14-23)20-12-26-21(24)22(28-20)32-19-11-27-29(13-19)18-2-5-25-6-3-18/h8-13,18,25,30H,2-7,14H2,1H3,(H2,24,26). The van der Waals surface area contributed by atoms with Crippen molar-refractivity contribution in [3.8, 4) is 22.9 Å². The van der Waals surface area contributed by atoms with Crippen LogP contribution in [0.4, 0.5) is 5.82 Å². The number of benzene rings is 1. The summed E-state index contributed by atoms with van der Waals surface area (Å²) in [6.45, 7) is 4.80. The molecule has 0 aliphatic carbocycles. The fourth-order valence-electron chi connectivity index (χ4n) is 4.33. The molecule has 0 spiro atoms. The van der Waals surface area contributed by atoms with Crippen molar-refractivity contribution in [1.82, 2.24) is 25.1 Å². The van der Waals surface area contributed by atoms with E-state index in [1.54, 1.807) is 12.4 Å². The van der Waals surface area contributed by atoms with Crippen molar-refractivity contribution in [3.63, 3.8) is 0 Å². The number of aryl methyl sites for hydroxylation is 1. The van der Waals surface area contributed by atoms with E-state index in [0.717, 1.165) is 42.6 Å². The molecule has 2 fully saturated rings. The van der Waals surface area contributed by atoms with Gasteiger partial charge < -0.3 is 25.6 Å². The zero-order valence-electron chi connectivity index (χ0n) is 18.1. The Bertz CT molecular complexity index is 1100. The molecule has 3 aromatic rings. The summed E-state index contributed by atoms with van der Waals surface area (Å²) >= 11 is 0. The average molecular weight is 437 g/mol. The highest BCUT2D eigenvalue weighted by molar-refractivity contribution is 5.63. The fourth-order valence-corrected chi connectivity index (χ4v) is 4.33. The van der Waals surface area contributed by atoms with Crippen LogP contribution >= 0.6 is 0 Å². The first-order valence-corrected chi connectivity index (χ1v) is 11.0. The third kappa shape index (κ3) is 4.19. The second kappa shape index (κ2) is 8.50. The maximum atomic E-state index is 10.9. The summed E-state index contributed by atoms with van der Waals surface area (Å²) in [5.74, 6) is 1.02. The molecule has 0 radical (unpaired) electrons. The molecule has 0 amide bonds. The van der Waals surface area contributed by atoms with E-state index in [9.17, 15) is 5.11 Å². The second-order valence-electron chi connectivity index (χ2n) is 8.61. The van der Waals surface area contributed by atoms with E-state index >= 15 is 0 Å². The van der Waals surface area contributed by atoms with Crippen LogP contribution in [0.25, 0.3) is 11.3 Å². The Morgan fingerprint density at radius 2 is 2.09 bits per heavy atom. The summed E-state index contributed by atoms with van der Waals surface area (Å²) in [5.41, 5.74) is 8.36. The average Bonchev–Trinajstić information content (AvgIpc) is 3.45. The number of nitrogens with zero attached hydrogens (tertiary/aromatic N) is 4. The van der Waals surface area contributed by atoms with Gasteiger partial charge >= 0.3 is 0 Å². The van der Waals surface area contributed by atoms with E-state index in [0.29, 0.717) is 37.1 Å². The Morgan fingerprint density at radius 1 is 1.25 bits per heavy atom. The lowest BCUT2D eigenvalue weighted by Crippen LogP contribution is -2.29. The number of anilines is 1. The van der Waals surface area contributed by atoms with Gasteiger partial charge in [-0.05, 0) is 50.6 Å². The number of rotatable bonds is 5. The highest BCUT2D eigenvalue weighted by atomic mass is 16.5. The minimum atomic E-state index is -0.982. The quantitative estimate of drug-likeness (QED) is 0.558. The van der Waals surface area contributed by atoms with E-state index in [1.807, 2.05) is 36.0 Å². The van der Waals surface area contributed by atoms with E-state index in [-0.39, 0.29) is 11.7 Å². The van der Waals surface area contributed by atoms with Gasteiger partial charge in [0.1, 0.15) is 5.60 Å². The molecule has 168 valence electrons. The van der Waals surface area contributed by atoms with Crippen LogP contribution in [0.3, 0.4) is 0 Å². The van der Waals surface area contributed by atoms with E-state index in [4.69, 9.17) is 15.2 Å². The van der Waals surface area contributed by atoms with Gasteiger partial charge in [-0.25, -0.2) is 9.97 Å². The fraction of sp³-hybridized carbons (Fsp3) is 0.435. The number of hydrogen-bond donors (Lipinski definition) is 3. The largest absolute Gasteiger partial charge is 0.433 e. The molecule has 9 nitrogen and oxygen atoms in total. The van der Waals surface area contributed by atoms with Crippen LogP contribution in [0, 0.1) is 6.92 Å². The number of hydrogen-bond acceptors (Lipinski definition) is 8. The lowest BCUT2D eigenvalue weighted by Gasteiger charge is -2.22. The van der Waals surface area contributed by atoms with Crippen molar-refractivity contribution >= 4 is 5.82 Å². The van der Waals surface area contributed by atoms with Gasteiger partial charge in [0.15, 0.2) is 11.6 Å². The molecule has 1 aromatic carbocycles. The van der Waals surface area contributed by atoms with Gasteiger partial charge in [0.25, 0.3) is 5.88 Å². The highest BCUT2D eigenvalue weighted by Gasteiger charge is 2.34. The van der Waals surface area contributed by atoms with Gasteiger partial charge in [-0.15, -0.1) is 0 Å². The summed E-state index contributed by atoms with van der Waals surface area (Å²) in [4.78, 5) is 8.91. The van der Waals surface area contributed by atoms with Crippen LogP contribution in [0.15, 0.2) is 36.8 Å². The van der Waals surface area contributed by atoms with E-state index < -0.39 is 5.60 Å². The normalized spacial score (nSPS) is 21.7. The van der Waals surface area contributed by atoms with Crippen molar-refractivity contribution in [2.45, 2.75) is 37.8 Å². The van der Waals surface area contributed by atoms with Gasteiger partial charge in [-0.3, -0.25) is 4.68 Å². The number of nitrogen functional groups attached to an aromatic ring is 1. The Hall–Kier alpha value is -3.01. The number of nitrogens with two attached hydrogens (primary N) is 1. The molecule has 9 heteroatoms. The van der Waals surface area contributed by atoms with Crippen LogP contribution in [-0.2, 0) is 10.3 Å². The first-order valence-electron chi connectivity index (χ1n) is 11.0. The molecule has 5 rings (SSSR count). The molecule has 0 bridgehead atoms. The van der Waals surface area contributed by atoms with E-state index in [2.05, 4.69) is 20.4 Å². The number of ether oxygens (including phenoxy) is 2. The second-order valence-corrected chi connectivity index (χ2v) is 8.61. The first kappa shape index (κ1) is 20.9. The third-order valence-corrected chi connectivity index (χ3v) is 6.15. The molecule has 2 aliphatic rings. The molecule has 2 aromatic heterocycles. The van der Waals surface area contributed by atoms with Gasteiger partial charge in [0.2, 0.25) is 0 Å². The minimum absolute atomic E-state index is 0.207. The zero-order valence-corrected chi connectivity index (χ0v) is 18.1. The zero-order chi connectivity index (χ0) is 22.1. The lowest BCUT2D eigenvalue weighted by molar-refractivity contribution is 0.0232. The number of nitrogens with one attached hydrogen (secondary N) is 1.